The Morgan fingerprint density at radius 3 is 2.41 bits per heavy atom. The van der Waals surface area contributed by atoms with Gasteiger partial charge in [-0.1, -0.05) is 54.2 Å². The summed E-state index contributed by atoms with van der Waals surface area (Å²) in [4.78, 5) is 26.9. The van der Waals surface area contributed by atoms with Gasteiger partial charge >= 0.3 is 5.97 Å². The van der Waals surface area contributed by atoms with Gasteiger partial charge in [0.1, 0.15) is 18.0 Å². The summed E-state index contributed by atoms with van der Waals surface area (Å²) in [6.07, 6.45) is 0. The number of ether oxygens (including phenoxy) is 2. The number of aromatic nitrogens is 3. The lowest BCUT2D eigenvalue weighted by atomic mass is 10.2. The lowest BCUT2D eigenvalue weighted by molar-refractivity contribution is -0.142. The van der Waals surface area contributed by atoms with E-state index >= 15 is 0 Å². The topological polar surface area (TPSA) is 107 Å². The Kier molecular flexibility index (Phi) is 8.42. The highest BCUT2D eigenvalue weighted by molar-refractivity contribution is 7.99. The number of aromatic hydroxyl groups is 1. The van der Waals surface area contributed by atoms with Crippen LogP contribution in [0, 0.1) is 0 Å². The first kappa shape index (κ1) is 25.8. The van der Waals surface area contributed by atoms with Crippen molar-refractivity contribution in [2.45, 2.75) is 12.1 Å². The van der Waals surface area contributed by atoms with E-state index in [1.54, 1.807) is 73.2 Å². The highest BCUT2D eigenvalue weighted by Gasteiger charge is 2.24. The van der Waals surface area contributed by atoms with E-state index in [0.29, 0.717) is 33.7 Å². The number of carbonyl (C=O) groups is 2. The fraction of sp³-hybridized carbons (Fsp3) is 0.185. The third kappa shape index (κ3) is 5.92. The second-order valence-electron chi connectivity index (χ2n) is 7.74. The summed E-state index contributed by atoms with van der Waals surface area (Å²) >= 11 is 1.16. The van der Waals surface area contributed by atoms with E-state index in [2.05, 4.69) is 10.2 Å². The molecule has 10 heteroatoms. The maximum atomic E-state index is 13.3. The molecule has 4 aromatic rings. The summed E-state index contributed by atoms with van der Waals surface area (Å²) in [5, 5.41) is 19.6. The van der Waals surface area contributed by atoms with Crippen LogP contribution in [0.25, 0.3) is 17.1 Å². The number of para-hydroxylation sites is 4. The van der Waals surface area contributed by atoms with Crippen LogP contribution < -0.4 is 9.64 Å². The Bertz CT molecular complexity index is 1380. The van der Waals surface area contributed by atoms with Gasteiger partial charge in [0.05, 0.1) is 30.7 Å². The Morgan fingerprint density at radius 1 is 0.973 bits per heavy atom. The van der Waals surface area contributed by atoms with Crippen LogP contribution >= 0.6 is 11.8 Å². The van der Waals surface area contributed by atoms with Gasteiger partial charge < -0.3 is 19.5 Å². The lowest BCUT2D eigenvalue weighted by Gasteiger charge is -2.21. The smallest absolute Gasteiger partial charge is 0.326 e. The molecule has 1 heterocycles. The van der Waals surface area contributed by atoms with Crippen molar-refractivity contribution in [2.75, 3.05) is 30.9 Å². The molecule has 0 aliphatic heterocycles. The van der Waals surface area contributed by atoms with E-state index in [0.717, 1.165) is 11.8 Å². The van der Waals surface area contributed by atoms with E-state index in [-0.39, 0.29) is 30.6 Å². The minimum Gasteiger partial charge on any atom is -0.507 e. The van der Waals surface area contributed by atoms with Crippen molar-refractivity contribution in [2.24, 2.45) is 0 Å². The molecule has 190 valence electrons. The SMILES string of the molecule is CCOC(=O)CN(C(=O)CSc1nnc(-c2ccccc2O)n1-c1ccccc1OC)c1ccccc1. The third-order valence-corrected chi connectivity index (χ3v) is 6.30. The van der Waals surface area contributed by atoms with Gasteiger partial charge in [-0.2, -0.15) is 0 Å². The Hall–Kier alpha value is -4.31. The quantitative estimate of drug-likeness (QED) is 0.244. The molecule has 4 rings (SSSR count). The van der Waals surface area contributed by atoms with Gasteiger partial charge in [-0.05, 0) is 43.3 Å². The van der Waals surface area contributed by atoms with Crippen LogP contribution in [-0.4, -0.2) is 57.8 Å². The molecule has 0 aliphatic rings. The minimum absolute atomic E-state index is 0.0254. The highest BCUT2D eigenvalue weighted by atomic mass is 32.2. The number of benzene rings is 3. The molecule has 37 heavy (non-hydrogen) atoms. The van der Waals surface area contributed by atoms with Gasteiger partial charge in [0.2, 0.25) is 5.91 Å². The number of anilines is 1. The second-order valence-corrected chi connectivity index (χ2v) is 8.68. The first-order valence-corrected chi connectivity index (χ1v) is 12.5. The van der Waals surface area contributed by atoms with E-state index in [9.17, 15) is 14.7 Å². The predicted molar refractivity (Wildman–Crippen MR) is 141 cm³/mol. The van der Waals surface area contributed by atoms with Crippen LogP contribution in [-0.2, 0) is 14.3 Å². The number of amides is 1. The van der Waals surface area contributed by atoms with Crippen molar-refractivity contribution in [3.63, 3.8) is 0 Å². The van der Waals surface area contributed by atoms with Crippen LogP contribution in [0.2, 0.25) is 0 Å². The molecule has 0 saturated carbocycles. The van der Waals surface area contributed by atoms with E-state index in [4.69, 9.17) is 9.47 Å². The number of carbonyl (C=O) groups excluding carboxylic acids is 2. The summed E-state index contributed by atoms with van der Waals surface area (Å²) in [6, 6.07) is 23.1. The zero-order valence-corrected chi connectivity index (χ0v) is 21.2. The van der Waals surface area contributed by atoms with Crippen molar-refractivity contribution in [3.8, 4) is 28.6 Å². The normalized spacial score (nSPS) is 10.6. The van der Waals surface area contributed by atoms with Crippen LogP contribution in [0.3, 0.4) is 0 Å². The maximum absolute atomic E-state index is 13.3. The summed E-state index contributed by atoms with van der Waals surface area (Å²) in [6.45, 7) is 1.73. The summed E-state index contributed by atoms with van der Waals surface area (Å²) < 4.78 is 12.4. The van der Waals surface area contributed by atoms with Gasteiger partial charge in [0, 0.05) is 5.69 Å². The number of nitrogens with zero attached hydrogens (tertiary/aromatic N) is 4. The molecule has 1 N–H and O–H groups in total. The number of rotatable bonds is 10. The fourth-order valence-corrected chi connectivity index (χ4v) is 4.52. The van der Waals surface area contributed by atoms with E-state index in [1.165, 1.54) is 4.90 Å². The molecule has 0 bridgehead atoms. The van der Waals surface area contributed by atoms with Gasteiger partial charge in [-0.3, -0.25) is 14.2 Å². The van der Waals surface area contributed by atoms with E-state index in [1.807, 2.05) is 24.3 Å². The number of hydrogen-bond donors (Lipinski definition) is 1. The minimum atomic E-state index is -0.497. The van der Waals surface area contributed by atoms with Crippen LogP contribution in [0.4, 0.5) is 5.69 Å². The van der Waals surface area contributed by atoms with Crippen molar-refractivity contribution in [1.29, 1.82) is 0 Å². The van der Waals surface area contributed by atoms with Crippen molar-refractivity contribution >= 4 is 29.3 Å². The highest BCUT2D eigenvalue weighted by Crippen LogP contribution is 2.35. The number of methoxy groups -OCH3 is 1. The van der Waals surface area contributed by atoms with Crippen LogP contribution in [0.1, 0.15) is 6.92 Å². The number of phenolic OH excluding ortho intramolecular Hbond substituents is 1. The van der Waals surface area contributed by atoms with Crippen LogP contribution in [0.15, 0.2) is 84.0 Å². The number of phenols is 1. The van der Waals surface area contributed by atoms with Gasteiger partial charge in [-0.25, -0.2) is 0 Å². The summed E-state index contributed by atoms with van der Waals surface area (Å²) in [7, 11) is 1.56. The standard InChI is InChI=1S/C27H26N4O5S/c1-3-36-25(34)17-30(19-11-5-4-6-12-19)24(33)18-37-27-29-28-26(20-13-7-9-15-22(20)32)31(27)21-14-8-10-16-23(21)35-2/h4-16,32H,3,17-18H2,1-2H3. The molecule has 1 amide bonds. The molecule has 0 radical (unpaired) electrons. The molecular weight excluding hydrogens is 492 g/mol. The zero-order valence-electron chi connectivity index (χ0n) is 20.4. The maximum Gasteiger partial charge on any atom is 0.326 e. The fourth-order valence-electron chi connectivity index (χ4n) is 3.70. The first-order chi connectivity index (χ1) is 18.0. The molecule has 0 unspecified atom stereocenters. The molecular formula is C27H26N4O5S. The van der Waals surface area contributed by atoms with Gasteiger partial charge in [-0.15, -0.1) is 10.2 Å². The molecule has 0 saturated heterocycles. The van der Waals surface area contributed by atoms with Crippen molar-refractivity contribution in [3.05, 3.63) is 78.9 Å². The average Bonchev–Trinajstić information content (AvgIpc) is 3.34. The molecule has 3 aromatic carbocycles. The Balaban J connectivity index is 1.68. The molecule has 0 atom stereocenters. The molecule has 0 aliphatic carbocycles. The third-order valence-electron chi connectivity index (χ3n) is 5.39. The predicted octanol–water partition coefficient (Wildman–Crippen LogP) is 4.34. The number of thioether (sulfide) groups is 1. The molecule has 0 fully saturated rings. The Labute approximate surface area is 218 Å². The summed E-state index contributed by atoms with van der Waals surface area (Å²) in [5.41, 5.74) is 1.71. The van der Waals surface area contributed by atoms with Crippen LogP contribution in [0.5, 0.6) is 11.5 Å². The van der Waals surface area contributed by atoms with Gasteiger partial charge in [0.15, 0.2) is 11.0 Å². The zero-order chi connectivity index (χ0) is 26.2. The van der Waals surface area contributed by atoms with E-state index < -0.39 is 5.97 Å². The first-order valence-electron chi connectivity index (χ1n) is 11.5. The monoisotopic (exact) mass is 518 g/mol. The number of hydrogen-bond acceptors (Lipinski definition) is 8. The average molecular weight is 519 g/mol. The lowest BCUT2D eigenvalue weighted by Crippen LogP contribution is -2.37. The number of esters is 1. The second kappa shape index (κ2) is 12.1. The van der Waals surface area contributed by atoms with Gasteiger partial charge in [0.25, 0.3) is 0 Å². The largest absolute Gasteiger partial charge is 0.507 e. The van der Waals surface area contributed by atoms with Crippen molar-refractivity contribution in [1.82, 2.24) is 14.8 Å². The molecule has 9 nitrogen and oxygen atoms in total. The summed E-state index contributed by atoms with van der Waals surface area (Å²) in [5.74, 6) is 0.182. The molecule has 1 aromatic heterocycles. The molecule has 0 spiro atoms. The van der Waals surface area contributed by atoms with Crippen molar-refractivity contribution < 1.29 is 24.2 Å². The Morgan fingerprint density at radius 2 is 1.68 bits per heavy atom.